The van der Waals surface area contributed by atoms with Gasteiger partial charge in [-0.05, 0) is 76.1 Å². The van der Waals surface area contributed by atoms with Gasteiger partial charge in [-0.2, -0.15) is 0 Å². The van der Waals surface area contributed by atoms with Gasteiger partial charge in [-0.1, -0.05) is 17.7 Å². The van der Waals surface area contributed by atoms with Gasteiger partial charge in [-0.3, -0.25) is 4.79 Å². The van der Waals surface area contributed by atoms with Gasteiger partial charge >= 0.3 is 5.97 Å². The molecule has 3 rings (SSSR count). The average molecular weight is 393 g/mol. The van der Waals surface area contributed by atoms with E-state index in [-0.39, 0.29) is 18.2 Å². The number of rotatable bonds is 5. The van der Waals surface area contributed by atoms with E-state index in [1.54, 1.807) is 18.2 Å². The van der Waals surface area contributed by atoms with Crippen LogP contribution in [0.3, 0.4) is 0 Å². The fourth-order valence-corrected chi connectivity index (χ4v) is 3.82. The van der Waals surface area contributed by atoms with E-state index in [1.165, 1.54) is 12.1 Å². The fourth-order valence-electron chi connectivity index (χ4n) is 3.82. The van der Waals surface area contributed by atoms with Crippen LogP contribution in [0.25, 0.3) is 5.69 Å². The third-order valence-corrected chi connectivity index (χ3v) is 5.03. The number of carbonyl (C=O) groups excluding carboxylic acids is 2. The molecule has 0 N–H and O–H groups in total. The smallest absolute Gasteiger partial charge is 0.339 e. The number of ketones is 1. The Morgan fingerprint density at radius 2 is 1.52 bits per heavy atom. The Morgan fingerprint density at radius 1 is 0.931 bits per heavy atom. The minimum atomic E-state index is -0.499. The highest BCUT2D eigenvalue weighted by molar-refractivity contribution is 6.01. The average Bonchev–Trinajstić information content (AvgIpc) is 2.94. The minimum Gasteiger partial charge on any atom is -0.454 e. The maximum absolute atomic E-state index is 13.2. The highest BCUT2D eigenvalue weighted by Gasteiger charge is 2.20. The van der Waals surface area contributed by atoms with Crippen LogP contribution in [-0.2, 0) is 4.74 Å². The number of hydrogen-bond donors (Lipinski definition) is 0. The lowest BCUT2D eigenvalue weighted by Gasteiger charge is -2.11. The molecule has 0 bridgehead atoms. The molecule has 150 valence electrons. The first-order valence-electron chi connectivity index (χ1n) is 9.42. The third kappa shape index (κ3) is 4.14. The van der Waals surface area contributed by atoms with Crippen LogP contribution in [0, 0.1) is 40.4 Å². The molecule has 0 amide bonds. The number of nitrogens with zero attached hydrogens (tertiary/aromatic N) is 1. The lowest BCUT2D eigenvalue weighted by atomic mass is 10.00. The summed E-state index contributed by atoms with van der Waals surface area (Å²) in [6, 6.07) is 11.7. The van der Waals surface area contributed by atoms with E-state index in [4.69, 9.17) is 4.74 Å². The monoisotopic (exact) mass is 393 g/mol. The zero-order valence-corrected chi connectivity index (χ0v) is 17.3. The molecule has 0 fully saturated rings. The van der Waals surface area contributed by atoms with Gasteiger partial charge < -0.3 is 9.30 Å². The van der Waals surface area contributed by atoms with E-state index in [0.29, 0.717) is 11.1 Å². The number of benzene rings is 2. The molecule has 2 aromatic carbocycles. The van der Waals surface area contributed by atoms with E-state index in [9.17, 15) is 14.0 Å². The number of halogens is 1. The maximum atomic E-state index is 13.2. The molecular formula is C24H24FNO3. The van der Waals surface area contributed by atoms with Crippen LogP contribution >= 0.6 is 0 Å². The van der Waals surface area contributed by atoms with E-state index >= 15 is 0 Å². The minimum absolute atomic E-state index is 0.276. The van der Waals surface area contributed by atoms with Crippen molar-refractivity contribution in [3.8, 4) is 5.69 Å². The Hall–Kier alpha value is -3.21. The second-order valence-corrected chi connectivity index (χ2v) is 7.37. The highest BCUT2D eigenvalue weighted by atomic mass is 19.1. The summed E-state index contributed by atoms with van der Waals surface area (Å²) in [7, 11) is 0. The van der Waals surface area contributed by atoms with Crippen molar-refractivity contribution >= 4 is 11.8 Å². The van der Waals surface area contributed by atoms with Crippen molar-refractivity contribution in [3.05, 3.63) is 87.5 Å². The SMILES string of the molecule is Cc1cc(C)c(C(=O)OCC(=O)c2cc(C)n(-c3ccc(F)cc3)c2C)c(C)c1. The molecule has 5 heteroatoms. The molecule has 0 atom stereocenters. The first-order chi connectivity index (χ1) is 13.7. The van der Waals surface area contributed by atoms with E-state index in [1.807, 2.05) is 51.3 Å². The van der Waals surface area contributed by atoms with Crippen LogP contribution in [-0.4, -0.2) is 22.9 Å². The quantitative estimate of drug-likeness (QED) is 0.442. The number of Topliss-reactive ketones (excluding diaryl/α,β-unsaturated/α-hetero) is 1. The Labute approximate surface area is 169 Å². The Kier molecular flexibility index (Phi) is 5.69. The van der Waals surface area contributed by atoms with Gasteiger partial charge in [-0.25, -0.2) is 9.18 Å². The summed E-state index contributed by atoms with van der Waals surface area (Å²) in [6.07, 6.45) is 0. The van der Waals surface area contributed by atoms with Gasteiger partial charge in [0.05, 0.1) is 5.56 Å². The Bertz CT molecular complexity index is 1070. The molecule has 0 saturated heterocycles. The molecule has 0 aliphatic rings. The molecule has 0 saturated carbocycles. The second-order valence-electron chi connectivity index (χ2n) is 7.37. The molecule has 1 aromatic heterocycles. The Balaban J connectivity index is 1.79. The molecule has 3 aromatic rings. The van der Waals surface area contributed by atoms with Gasteiger partial charge in [0, 0.05) is 22.6 Å². The van der Waals surface area contributed by atoms with Crippen molar-refractivity contribution in [2.45, 2.75) is 34.6 Å². The van der Waals surface area contributed by atoms with Crippen LogP contribution in [0.15, 0.2) is 42.5 Å². The first-order valence-corrected chi connectivity index (χ1v) is 9.42. The van der Waals surface area contributed by atoms with Crippen molar-refractivity contribution in [1.82, 2.24) is 4.57 Å². The number of hydrogen-bond acceptors (Lipinski definition) is 3. The van der Waals surface area contributed by atoms with Crippen molar-refractivity contribution in [3.63, 3.8) is 0 Å². The van der Waals surface area contributed by atoms with E-state index in [2.05, 4.69) is 0 Å². The summed E-state index contributed by atoms with van der Waals surface area (Å²) in [5.74, 6) is -1.09. The third-order valence-electron chi connectivity index (χ3n) is 5.03. The predicted molar refractivity (Wildman–Crippen MR) is 110 cm³/mol. The summed E-state index contributed by atoms with van der Waals surface area (Å²) < 4.78 is 20.4. The molecule has 0 unspecified atom stereocenters. The summed E-state index contributed by atoms with van der Waals surface area (Å²) in [4.78, 5) is 25.3. The van der Waals surface area contributed by atoms with Crippen molar-refractivity contribution in [1.29, 1.82) is 0 Å². The van der Waals surface area contributed by atoms with Crippen molar-refractivity contribution in [2.24, 2.45) is 0 Å². The van der Waals surface area contributed by atoms with Crippen molar-refractivity contribution in [2.75, 3.05) is 6.61 Å². The maximum Gasteiger partial charge on any atom is 0.339 e. The number of esters is 1. The van der Waals surface area contributed by atoms with Crippen LogP contribution in [0.2, 0.25) is 0 Å². The molecule has 4 nitrogen and oxygen atoms in total. The molecule has 1 heterocycles. The van der Waals surface area contributed by atoms with Crippen LogP contribution in [0.5, 0.6) is 0 Å². The molecule has 0 aliphatic carbocycles. The second kappa shape index (κ2) is 8.03. The lowest BCUT2D eigenvalue weighted by Crippen LogP contribution is -2.16. The summed E-state index contributed by atoms with van der Waals surface area (Å²) >= 11 is 0. The van der Waals surface area contributed by atoms with Gasteiger partial charge in [0.15, 0.2) is 6.61 Å². The lowest BCUT2D eigenvalue weighted by molar-refractivity contribution is 0.0473. The Morgan fingerprint density at radius 3 is 2.10 bits per heavy atom. The zero-order valence-electron chi connectivity index (χ0n) is 17.3. The van der Waals surface area contributed by atoms with Crippen LogP contribution in [0.4, 0.5) is 4.39 Å². The molecule has 0 aliphatic heterocycles. The molecule has 0 radical (unpaired) electrons. The highest BCUT2D eigenvalue weighted by Crippen LogP contribution is 2.22. The number of carbonyl (C=O) groups is 2. The van der Waals surface area contributed by atoms with E-state index < -0.39 is 5.97 Å². The van der Waals surface area contributed by atoms with Crippen LogP contribution < -0.4 is 0 Å². The number of aromatic nitrogens is 1. The number of aryl methyl sites for hydroxylation is 4. The zero-order chi connectivity index (χ0) is 21.3. The van der Waals surface area contributed by atoms with Crippen LogP contribution in [0.1, 0.15) is 48.8 Å². The number of ether oxygens (including phenoxy) is 1. The topological polar surface area (TPSA) is 48.3 Å². The van der Waals surface area contributed by atoms with Gasteiger partial charge in [0.25, 0.3) is 0 Å². The summed E-state index contributed by atoms with van der Waals surface area (Å²) in [5.41, 5.74) is 6.04. The fraction of sp³-hybridized carbons (Fsp3) is 0.250. The first kappa shape index (κ1) is 20.5. The normalized spacial score (nSPS) is 10.8. The van der Waals surface area contributed by atoms with Crippen molar-refractivity contribution < 1.29 is 18.7 Å². The standard InChI is InChI=1S/C24H24FNO3/c1-14-10-15(2)23(16(3)11-14)24(28)29-13-22(27)21-12-17(4)26(18(21)5)20-8-6-19(25)7-9-20/h6-12H,13H2,1-5H3. The van der Waals surface area contributed by atoms with Gasteiger partial charge in [0.1, 0.15) is 5.82 Å². The largest absolute Gasteiger partial charge is 0.454 e. The molecule has 0 spiro atoms. The summed E-state index contributed by atoms with van der Waals surface area (Å²) in [5, 5.41) is 0. The molecular weight excluding hydrogens is 369 g/mol. The van der Waals surface area contributed by atoms with E-state index in [0.717, 1.165) is 33.8 Å². The summed E-state index contributed by atoms with van der Waals surface area (Å²) in [6.45, 7) is 9.04. The predicted octanol–water partition coefficient (Wildman–Crippen LogP) is 5.20. The van der Waals surface area contributed by atoms with Gasteiger partial charge in [-0.15, -0.1) is 0 Å². The molecule has 29 heavy (non-hydrogen) atoms. The van der Waals surface area contributed by atoms with Gasteiger partial charge in [0.2, 0.25) is 5.78 Å².